The van der Waals surface area contributed by atoms with E-state index >= 15 is 0 Å². The van der Waals surface area contributed by atoms with E-state index in [0.717, 1.165) is 4.68 Å². The molecular formula is C20H29N3O6S. The lowest BCUT2D eigenvalue weighted by molar-refractivity contribution is 0.0421. The number of aromatic nitrogens is 2. The quantitative estimate of drug-likeness (QED) is 0.536. The molecule has 0 spiro atoms. The third-order valence-corrected chi connectivity index (χ3v) is 4.10. The van der Waals surface area contributed by atoms with Gasteiger partial charge >= 0.3 is 18.3 Å². The summed E-state index contributed by atoms with van der Waals surface area (Å²) in [5.74, 6) is -0.0608. The Kier molecular flexibility index (Phi) is 6.23. The number of fused-ring (bicyclic) bond motifs is 1. The summed E-state index contributed by atoms with van der Waals surface area (Å²) in [6.45, 7) is 15.3. The van der Waals surface area contributed by atoms with Crippen LogP contribution in [0, 0.1) is 0 Å². The number of hydrogen-bond donors (Lipinski definition) is 0. The molecule has 0 saturated carbocycles. The summed E-state index contributed by atoms with van der Waals surface area (Å²) in [7, 11) is 0. The van der Waals surface area contributed by atoms with Gasteiger partial charge in [0.05, 0.1) is 10.2 Å². The predicted octanol–water partition coefficient (Wildman–Crippen LogP) is 5.56. The van der Waals surface area contributed by atoms with Crippen LogP contribution in [0.1, 0.15) is 62.3 Å². The molecule has 166 valence electrons. The molecule has 0 radical (unpaired) electrons. The van der Waals surface area contributed by atoms with Crippen LogP contribution in [0.3, 0.4) is 0 Å². The first-order valence-corrected chi connectivity index (χ1v) is 10.3. The molecule has 0 aliphatic heterocycles. The van der Waals surface area contributed by atoms with E-state index in [-0.39, 0.29) is 5.82 Å². The van der Waals surface area contributed by atoms with E-state index < -0.39 is 35.1 Å². The van der Waals surface area contributed by atoms with Gasteiger partial charge < -0.3 is 14.2 Å². The number of anilines is 1. The minimum absolute atomic E-state index is 0.0608. The first kappa shape index (κ1) is 23.7. The van der Waals surface area contributed by atoms with Crippen LogP contribution in [0.15, 0.2) is 11.4 Å². The summed E-state index contributed by atoms with van der Waals surface area (Å²) in [6.07, 6.45) is -2.65. The van der Waals surface area contributed by atoms with Gasteiger partial charge in [0.15, 0.2) is 5.82 Å². The number of rotatable bonds is 1. The van der Waals surface area contributed by atoms with Crippen molar-refractivity contribution in [2.24, 2.45) is 0 Å². The third kappa shape index (κ3) is 5.94. The average molecular weight is 440 g/mol. The van der Waals surface area contributed by atoms with Gasteiger partial charge in [0.2, 0.25) is 0 Å². The first-order valence-electron chi connectivity index (χ1n) is 9.44. The molecule has 0 unspecified atom stereocenters. The molecule has 2 aromatic heterocycles. The van der Waals surface area contributed by atoms with Crippen LogP contribution in [0.2, 0.25) is 0 Å². The second-order valence-electron chi connectivity index (χ2n) is 9.65. The number of amides is 2. The number of imide groups is 1. The molecule has 2 amide bonds. The van der Waals surface area contributed by atoms with Crippen LogP contribution in [-0.2, 0) is 14.2 Å². The van der Waals surface area contributed by atoms with E-state index in [4.69, 9.17) is 14.2 Å². The van der Waals surface area contributed by atoms with Gasteiger partial charge in [-0.1, -0.05) is 0 Å². The zero-order valence-electron chi connectivity index (χ0n) is 18.9. The molecule has 0 N–H and O–H groups in total. The zero-order chi connectivity index (χ0) is 23.1. The number of ether oxygens (including phenoxy) is 3. The van der Waals surface area contributed by atoms with Crippen molar-refractivity contribution in [3.63, 3.8) is 0 Å². The standard InChI is InChI=1S/C20H29N3O6S/c1-18(2,3)27-15(24)22(16(25)28-19(4,5)6)14-13-12(10-11-30-13)23(21-14)17(26)29-20(7,8)9/h10-11H,1-9H3. The molecule has 0 aromatic carbocycles. The fourth-order valence-electron chi connectivity index (χ4n) is 2.28. The smallest absolute Gasteiger partial charge is 0.435 e. The number of nitrogens with zero attached hydrogens (tertiary/aromatic N) is 3. The summed E-state index contributed by atoms with van der Waals surface area (Å²) < 4.78 is 17.6. The Balaban J connectivity index is 2.58. The predicted molar refractivity (Wildman–Crippen MR) is 114 cm³/mol. The van der Waals surface area contributed by atoms with Crippen LogP contribution < -0.4 is 4.90 Å². The molecular weight excluding hydrogens is 410 g/mol. The van der Waals surface area contributed by atoms with Gasteiger partial charge in [-0.05, 0) is 73.8 Å². The molecule has 0 saturated heterocycles. The number of hydrogen-bond acceptors (Lipinski definition) is 8. The topological polar surface area (TPSA) is 100.0 Å². The highest BCUT2D eigenvalue weighted by atomic mass is 32.1. The highest BCUT2D eigenvalue weighted by molar-refractivity contribution is 7.17. The maximum absolute atomic E-state index is 12.9. The highest BCUT2D eigenvalue weighted by Crippen LogP contribution is 2.33. The van der Waals surface area contributed by atoms with Crippen molar-refractivity contribution in [2.75, 3.05) is 4.90 Å². The molecule has 10 heteroatoms. The van der Waals surface area contributed by atoms with E-state index in [9.17, 15) is 14.4 Å². The minimum Gasteiger partial charge on any atom is -0.443 e. The fourth-order valence-corrected chi connectivity index (χ4v) is 3.13. The molecule has 2 heterocycles. The minimum atomic E-state index is -0.958. The van der Waals surface area contributed by atoms with Crippen LogP contribution in [-0.4, -0.2) is 44.9 Å². The van der Waals surface area contributed by atoms with Crippen LogP contribution in [0.4, 0.5) is 20.2 Å². The number of carbonyl (C=O) groups is 3. The van der Waals surface area contributed by atoms with E-state index in [0.29, 0.717) is 15.1 Å². The molecule has 9 nitrogen and oxygen atoms in total. The van der Waals surface area contributed by atoms with E-state index in [2.05, 4.69) is 5.10 Å². The molecule has 2 aromatic rings. The van der Waals surface area contributed by atoms with Gasteiger partial charge in [-0.2, -0.15) is 9.58 Å². The van der Waals surface area contributed by atoms with Crippen molar-refractivity contribution in [3.8, 4) is 0 Å². The Labute approximate surface area is 179 Å². The van der Waals surface area contributed by atoms with E-state index in [1.807, 2.05) is 0 Å². The Morgan fingerprint density at radius 1 is 0.867 bits per heavy atom. The third-order valence-electron chi connectivity index (χ3n) is 3.20. The normalized spacial score (nSPS) is 12.6. The SMILES string of the molecule is CC(C)(C)OC(=O)N(C(=O)OC(C)(C)C)c1nn(C(=O)OC(C)(C)C)c2ccsc12. The summed E-state index contributed by atoms with van der Waals surface area (Å²) >= 11 is 1.22. The van der Waals surface area contributed by atoms with Crippen molar-refractivity contribution >= 4 is 45.7 Å². The Hall–Kier alpha value is -2.62. The number of carbonyl (C=O) groups excluding carboxylic acids is 3. The summed E-state index contributed by atoms with van der Waals surface area (Å²) in [6, 6.07) is 1.66. The second kappa shape index (κ2) is 7.90. The largest absolute Gasteiger partial charge is 0.443 e. The number of thiophene rings is 1. The Bertz CT molecular complexity index is 928. The molecule has 30 heavy (non-hydrogen) atoms. The average Bonchev–Trinajstić information content (AvgIpc) is 3.05. The van der Waals surface area contributed by atoms with Crippen molar-refractivity contribution in [1.29, 1.82) is 0 Å². The lowest BCUT2D eigenvalue weighted by Gasteiger charge is -2.27. The van der Waals surface area contributed by atoms with Gasteiger partial charge in [0.25, 0.3) is 0 Å². The summed E-state index contributed by atoms with van der Waals surface area (Å²) in [4.78, 5) is 39.1. The first-order chi connectivity index (χ1) is 13.5. The fraction of sp³-hybridized carbons (Fsp3) is 0.600. The maximum atomic E-state index is 12.9. The van der Waals surface area contributed by atoms with Gasteiger partial charge in [-0.15, -0.1) is 16.4 Å². The Morgan fingerprint density at radius 2 is 1.33 bits per heavy atom. The van der Waals surface area contributed by atoms with Crippen molar-refractivity contribution in [2.45, 2.75) is 79.1 Å². The van der Waals surface area contributed by atoms with E-state index in [1.54, 1.807) is 73.8 Å². The molecule has 0 bridgehead atoms. The second-order valence-corrected chi connectivity index (χ2v) is 10.6. The van der Waals surface area contributed by atoms with Crippen LogP contribution in [0.25, 0.3) is 10.2 Å². The monoisotopic (exact) mass is 439 g/mol. The zero-order valence-corrected chi connectivity index (χ0v) is 19.7. The van der Waals surface area contributed by atoms with Crippen LogP contribution in [0.5, 0.6) is 0 Å². The lowest BCUT2D eigenvalue weighted by atomic mass is 10.2. The van der Waals surface area contributed by atoms with Gasteiger partial charge in [-0.25, -0.2) is 14.4 Å². The lowest BCUT2D eigenvalue weighted by Crippen LogP contribution is -2.44. The van der Waals surface area contributed by atoms with Crippen molar-refractivity contribution in [3.05, 3.63) is 11.4 Å². The molecule has 0 fully saturated rings. The van der Waals surface area contributed by atoms with Crippen molar-refractivity contribution in [1.82, 2.24) is 9.78 Å². The molecule has 0 aliphatic carbocycles. The van der Waals surface area contributed by atoms with E-state index in [1.165, 1.54) is 11.3 Å². The van der Waals surface area contributed by atoms with Crippen molar-refractivity contribution < 1.29 is 28.6 Å². The molecule has 0 aliphatic rings. The summed E-state index contributed by atoms with van der Waals surface area (Å²) in [5, 5.41) is 5.93. The molecule has 2 rings (SSSR count). The summed E-state index contributed by atoms with van der Waals surface area (Å²) in [5.41, 5.74) is -2.07. The maximum Gasteiger partial charge on any atom is 0.435 e. The van der Waals surface area contributed by atoms with Gasteiger partial charge in [0, 0.05) is 0 Å². The van der Waals surface area contributed by atoms with Gasteiger partial charge in [-0.3, -0.25) is 0 Å². The Morgan fingerprint density at radius 3 is 1.77 bits per heavy atom. The molecule has 0 atom stereocenters. The van der Waals surface area contributed by atoms with Gasteiger partial charge in [0.1, 0.15) is 16.8 Å². The van der Waals surface area contributed by atoms with Crippen LogP contribution >= 0.6 is 11.3 Å². The highest BCUT2D eigenvalue weighted by Gasteiger charge is 2.37.